The molecule has 4 nitrogen and oxygen atoms in total. The summed E-state index contributed by atoms with van der Waals surface area (Å²) in [6.07, 6.45) is 0.930. The predicted molar refractivity (Wildman–Crippen MR) is 96.3 cm³/mol. The molecule has 1 aromatic heterocycles. The molecule has 0 saturated carbocycles. The smallest absolute Gasteiger partial charge is 0.265 e. The number of nitrogens with one attached hydrogen (secondary N) is 2. The number of hydrogen-bond acceptors (Lipinski definition) is 3. The van der Waals surface area contributed by atoms with Crippen LogP contribution >= 0.6 is 11.3 Å². The second-order valence-corrected chi connectivity index (χ2v) is 6.98. The lowest BCUT2D eigenvalue weighted by Crippen LogP contribution is -2.17. The highest BCUT2D eigenvalue weighted by Gasteiger charge is 2.12. The van der Waals surface area contributed by atoms with Crippen LogP contribution in [0.1, 0.15) is 40.9 Å². The Morgan fingerprint density at radius 2 is 1.65 bits per heavy atom. The van der Waals surface area contributed by atoms with Gasteiger partial charge in [-0.3, -0.25) is 9.59 Å². The fourth-order valence-corrected chi connectivity index (χ4v) is 3.11. The van der Waals surface area contributed by atoms with Gasteiger partial charge in [0.15, 0.2) is 0 Å². The molecule has 0 aliphatic rings. The number of carbonyl (C=O) groups is 2. The first-order valence-electron chi connectivity index (χ1n) is 7.72. The summed E-state index contributed by atoms with van der Waals surface area (Å²) >= 11 is 1.51. The topological polar surface area (TPSA) is 58.2 Å². The summed E-state index contributed by atoms with van der Waals surface area (Å²) in [7, 11) is 0. The average molecular weight is 330 g/mol. The summed E-state index contributed by atoms with van der Waals surface area (Å²) < 4.78 is 0. The number of hydrogen-bond donors (Lipinski definition) is 2. The van der Waals surface area contributed by atoms with Crippen molar-refractivity contribution in [2.45, 2.75) is 34.1 Å². The monoisotopic (exact) mass is 330 g/mol. The van der Waals surface area contributed by atoms with Crippen molar-refractivity contribution in [3.8, 4) is 0 Å². The average Bonchev–Trinajstić information content (AvgIpc) is 2.90. The van der Waals surface area contributed by atoms with E-state index in [1.807, 2.05) is 26.8 Å². The summed E-state index contributed by atoms with van der Waals surface area (Å²) in [4.78, 5) is 25.8. The van der Waals surface area contributed by atoms with E-state index in [0.29, 0.717) is 5.69 Å². The molecule has 0 spiro atoms. The molecule has 0 saturated heterocycles. The van der Waals surface area contributed by atoms with Gasteiger partial charge in [-0.25, -0.2) is 0 Å². The normalized spacial score (nSPS) is 10.7. The van der Waals surface area contributed by atoms with Gasteiger partial charge in [0, 0.05) is 22.2 Å². The fourth-order valence-electron chi connectivity index (χ4n) is 2.10. The Balaban J connectivity index is 2.02. The Bertz CT molecular complexity index is 702. The summed E-state index contributed by atoms with van der Waals surface area (Å²) in [5, 5.41) is 5.71. The zero-order valence-electron chi connectivity index (χ0n) is 13.9. The van der Waals surface area contributed by atoms with Gasteiger partial charge in [0.1, 0.15) is 0 Å². The highest BCUT2D eigenvalue weighted by molar-refractivity contribution is 7.14. The molecule has 122 valence electrons. The van der Waals surface area contributed by atoms with Gasteiger partial charge in [-0.05, 0) is 49.2 Å². The first-order chi connectivity index (χ1) is 10.9. The van der Waals surface area contributed by atoms with Crippen molar-refractivity contribution in [2.75, 3.05) is 10.6 Å². The zero-order chi connectivity index (χ0) is 17.0. The van der Waals surface area contributed by atoms with Gasteiger partial charge in [0.2, 0.25) is 5.91 Å². The van der Waals surface area contributed by atoms with Gasteiger partial charge < -0.3 is 10.6 Å². The number of thiophene rings is 1. The van der Waals surface area contributed by atoms with Crippen LogP contribution in [-0.2, 0) is 11.2 Å². The van der Waals surface area contributed by atoms with E-state index < -0.39 is 0 Å². The van der Waals surface area contributed by atoms with Crippen LogP contribution in [0.5, 0.6) is 0 Å². The summed E-state index contributed by atoms with van der Waals surface area (Å²) in [5.74, 6) is -0.191. The Morgan fingerprint density at radius 1 is 1.09 bits per heavy atom. The maximum Gasteiger partial charge on any atom is 0.265 e. The Kier molecular flexibility index (Phi) is 5.55. The molecule has 1 heterocycles. The fraction of sp³-hybridized carbons (Fsp3) is 0.333. The third kappa shape index (κ3) is 4.42. The van der Waals surface area contributed by atoms with Crippen molar-refractivity contribution in [3.63, 3.8) is 0 Å². The minimum absolute atomic E-state index is 0.0251. The number of rotatable bonds is 5. The van der Waals surface area contributed by atoms with E-state index >= 15 is 0 Å². The van der Waals surface area contributed by atoms with E-state index in [0.717, 1.165) is 17.0 Å². The Morgan fingerprint density at radius 3 is 2.13 bits per heavy atom. The van der Waals surface area contributed by atoms with Gasteiger partial charge in [0.25, 0.3) is 5.91 Å². The summed E-state index contributed by atoms with van der Waals surface area (Å²) in [6.45, 7) is 7.81. The minimum atomic E-state index is -0.100. The van der Waals surface area contributed by atoms with Gasteiger partial charge >= 0.3 is 0 Å². The lowest BCUT2D eigenvalue weighted by atomic mass is 10.2. The molecule has 0 bridgehead atoms. The van der Waals surface area contributed by atoms with Gasteiger partial charge in [-0.15, -0.1) is 11.3 Å². The van der Waals surface area contributed by atoms with Crippen LogP contribution in [0.2, 0.25) is 0 Å². The number of carbonyl (C=O) groups excluding carboxylic acids is 2. The maximum absolute atomic E-state index is 12.3. The van der Waals surface area contributed by atoms with Crippen molar-refractivity contribution >= 4 is 34.5 Å². The first kappa shape index (κ1) is 17.2. The largest absolute Gasteiger partial charge is 0.326 e. The van der Waals surface area contributed by atoms with Crippen molar-refractivity contribution in [3.05, 3.63) is 45.6 Å². The predicted octanol–water partition coefficient (Wildman–Crippen LogP) is 4.47. The van der Waals surface area contributed by atoms with Gasteiger partial charge in [0.05, 0.1) is 4.88 Å². The molecular weight excluding hydrogens is 308 g/mol. The van der Waals surface area contributed by atoms with Gasteiger partial charge in [-0.1, -0.05) is 20.8 Å². The second kappa shape index (κ2) is 7.42. The highest BCUT2D eigenvalue weighted by Crippen LogP contribution is 2.23. The van der Waals surface area contributed by atoms with E-state index in [9.17, 15) is 9.59 Å². The summed E-state index contributed by atoms with van der Waals surface area (Å²) in [6, 6.07) is 9.09. The summed E-state index contributed by atoms with van der Waals surface area (Å²) in [5.41, 5.74) is 2.65. The van der Waals surface area contributed by atoms with Crippen molar-refractivity contribution < 1.29 is 9.59 Å². The SMILES string of the molecule is CCc1cc(C(=O)Nc2ccc(NC(=O)C(C)C)cc2)sc1C. The molecule has 2 rings (SSSR count). The van der Waals surface area contributed by atoms with E-state index in [1.54, 1.807) is 24.3 Å². The van der Waals surface area contributed by atoms with Crippen LogP contribution in [0.4, 0.5) is 11.4 Å². The van der Waals surface area contributed by atoms with Crippen LogP contribution in [-0.4, -0.2) is 11.8 Å². The molecule has 1 aromatic carbocycles. The second-order valence-electron chi connectivity index (χ2n) is 5.72. The molecule has 2 aromatic rings. The molecule has 0 aliphatic heterocycles. The van der Waals surface area contributed by atoms with Crippen LogP contribution in [0.3, 0.4) is 0 Å². The molecule has 0 fully saturated rings. The molecule has 0 radical (unpaired) electrons. The van der Waals surface area contributed by atoms with Crippen LogP contribution in [0.15, 0.2) is 30.3 Å². The van der Waals surface area contributed by atoms with Crippen molar-refractivity contribution in [1.29, 1.82) is 0 Å². The number of anilines is 2. The molecule has 23 heavy (non-hydrogen) atoms. The third-order valence-electron chi connectivity index (χ3n) is 3.56. The lowest BCUT2D eigenvalue weighted by Gasteiger charge is -2.09. The van der Waals surface area contributed by atoms with E-state index in [2.05, 4.69) is 17.6 Å². The van der Waals surface area contributed by atoms with Crippen molar-refractivity contribution in [1.82, 2.24) is 0 Å². The van der Waals surface area contributed by atoms with Crippen LogP contribution in [0.25, 0.3) is 0 Å². The van der Waals surface area contributed by atoms with E-state index in [-0.39, 0.29) is 17.7 Å². The number of aryl methyl sites for hydroxylation is 2. The zero-order valence-corrected chi connectivity index (χ0v) is 14.7. The van der Waals surface area contributed by atoms with E-state index in [4.69, 9.17) is 0 Å². The number of amides is 2. The quantitative estimate of drug-likeness (QED) is 0.850. The maximum atomic E-state index is 12.3. The highest BCUT2D eigenvalue weighted by atomic mass is 32.1. The molecule has 0 unspecified atom stereocenters. The van der Waals surface area contributed by atoms with E-state index in [1.165, 1.54) is 21.8 Å². The Labute approximate surface area is 140 Å². The molecule has 0 aliphatic carbocycles. The molecule has 5 heteroatoms. The van der Waals surface area contributed by atoms with Crippen LogP contribution < -0.4 is 10.6 Å². The van der Waals surface area contributed by atoms with Crippen molar-refractivity contribution in [2.24, 2.45) is 5.92 Å². The first-order valence-corrected chi connectivity index (χ1v) is 8.54. The minimum Gasteiger partial charge on any atom is -0.326 e. The lowest BCUT2D eigenvalue weighted by molar-refractivity contribution is -0.118. The standard InChI is InChI=1S/C18H22N2O2S/c1-5-13-10-16(23-12(13)4)18(22)20-15-8-6-14(7-9-15)19-17(21)11(2)3/h6-11H,5H2,1-4H3,(H,19,21)(H,20,22). The molecule has 0 atom stereocenters. The molecule has 2 N–H and O–H groups in total. The molecular formula is C18H22N2O2S. The molecule has 2 amide bonds. The third-order valence-corrected chi connectivity index (χ3v) is 4.65. The Hall–Kier alpha value is -2.14. The van der Waals surface area contributed by atoms with Gasteiger partial charge in [-0.2, -0.15) is 0 Å². The number of benzene rings is 1. The van der Waals surface area contributed by atoms with Crippen LogP contribution in [0, 0.1) is 12.8 Å².